The third-order valence-electron chi connectivity index (χ3n) is 2.35. The smallest absolute Gasteiger partial charge is 0.352 e. The molecule has 5 nitrogen and oxygen atoms in total. The summed E-state index contributed by atoms with van der Waals surface area (Å²) in [6.45, 7) is 0. The van der Waals surface area contributed by atoms with E-state index in [1.54, 1.807) is 30.3 Å². The molecule has 2 aromatic rings. The van der Waals surface area contributed by atoms with Crippen molar-refractivity contribution in [1.82, 2.24) is 4.98 Å². The van der Waals surface area contributed by atoms with Gasteiger partial charge in [-0.2, -0.15) is 0 Å². The first-order chi connectivity index (χ1) is 8.09. The van der Waals surface area contributed by atoms with Crippen LogP contribution in [0, 0.1) is 0 Å². The van der Waals surface area contributed by atoms with Crippen molar-refractivity contribution in [3.8, 4) is 11.1 Å². The fourth-order valence-corrected chi connectivity index (χ4v) is 1.58. The molecule has 0 bridgehead atoms. The molecule has 1 aromatic heterocycles. The predicted octanol–water partition coefficient (Wildman–Crippen LogP) is 2.08. The summed E-state index contributed by atoms with van der Waals surface area (Å²) in [7, 11) is 0. The molecule has 0 spiro atoms. The Hall–Kier alpha value is -2.56. The molecular weight excluding hydrogens is 222 g/mol. The van der Waals surface area contributed by atoms with E-state index in [1.165, 1.54) is 6.07 Å². The standard InChI is InChI=1S/C12H9NO4/c14-11(15)9-6-8(10(13-9)12(16)17)7-4-2-1-3-5-7/h1-6,13H,(H,14,15)(H,16,17). The van der Waals surface area contributed by atoms with Crippen LogP contribution in [0.3, 0.4) is 0 Å². The van der Waals surface area contributed by atoms with Crippen LogP contribution in [-0.4, -0.2) is 27.1 Å². The lowest BCUT2D eigenvalue weighted by molar-refractivity contribution is 0.0689. The minimum absolute atomic E-state index is 0.117. The Kier molecular flexibility index (Phi) is 2.66. The molecule has 2 rings (SSSR count). The highest BCUT2D eigenvalue weighted by atomic mass is 16.4. The van der Waals surface area contributed by atoms with Crippen molar-refractivity contribution in [2.45, 2.75) is 0 Å². The Morgan fingerprint density at radius 1 is 1.00 bits per heavy atom. The molecule has 0 amide bonds. The number of hydrogen-bond acceptors (Lipinski definition) is 2. The number of carboxylic acid groups (broad SMARTS) is 2. The van der Waals surface area contributed by atoms with E-state index in [2.05, 4.69) is 4.98 Å². The lowest BCUT2D eigenvalue weighted by atomic mass is 10.1. The summed E-state index contributed by atoms with van der Waals surface area (Å²) in [5.41, 5.74) is 0.777. The summed E-state index contributed by atoms with van der Waals surface area (Å²) < 4.78 is 0. The number of H-pyrrole nitrogens is 1. The van der Waals surface area contributed by atoms with Gasteiger partial charge in [0.1, 0.15) is 11.4 Å². The van der Waals surface area contributed by atoms with Crippen molar-refractivity contribution in [1.29, 1.82) is 0 Å². The zero-order chi connectivity index (χ0) is 12.4. The quantitative estimate of drug-likeness (QED) is 0.754. The highest BCUT2D eigenvalue weighted by Crippen LogP contribution is 2.24. The van der Waals surface area contributed by atoms with Gasteiger partial charge in [-0.25, -0.2) is 9.59 Å². The zero-order valence-corrected chi connectivity index (χ0v) is 8.68. The van der Waals surface area contributed by atoms with E-state index in [1.807, 2.05) is 0 Å². The second-order valence-electron chi connectivity index (χ2n) is 3.45. The molecule has 3 N–H and O–H groups in total. The molecule has 0 aliphatic carbocycles. The Labute approximate surface area is 96.3 Å². The van der Waals surface area contributed by atoms with E-state index in [0.717, 1.165) is 0 Å². The largest absolute Gasteiger partial charge is 0.477 e. The van der Waals surface area contributed by atoms with Gasteiger partial charge in [-0.3, -0.25) is 0 Å². The van der Waals surface area contributed by atoms with Gasteiger partial charge >= 0.3 is 11.9 Å². The predicted molar refractivity (Wildman–Crippen MR) is 60.1 cm³/mol. The average molecular weight is 231 g/mol. The first-order valence-corrected chi connectivity index (χ1v) is 4.84. The molecule has 0 fully saturated rings. The number of hydrogen-bond donors (Lipinski definition) is 3. The van der Waals surface area contributed by atoms with E-state index in [0.29, 0.717) is 11.1 Å². The van der Waals surface area contributed by atoms with Gasteiger partial charge in [-0.1, -0.05) is 30.3 Å². The van der Waals surface area contributed by atoms with Gasteiger partial charge in [-0.15, -0.1) is 0 Å². The van der Waals surface area contributed by atoms with E-state index in [4.69, 9.17) is 10.2 Å². The summed E-state index contributed by atoms with van der Waals surface area (Å²) in [4.78, 5) is 24.2. The van der Waals surface area contributed by atoms with E-state index in [-0.39, 0.29) is 11.4 Å². The van der Waals surface area contributed by atoms with E-state index in [9.17, 15) is 9.59 Å². The average Bonchev–Trinajstić information content (AvgIpc) is 2.75. The van der Waals surface area contributed by atoms with Crippen LogP contribution in [0.2, 0.25) is 0 Å². The fourth-order valence-electron chi connectivity index (χ4n) is 1.58. The molecule has 0 aliphatic heterocycles. The first kappa shape index (κ1) is 10.9. The molecule has 0 atom stereocenters. The maximum Gasteiger partial charge on any atom is 0.352 e. The van der Waals surface area contributed by atoms with E-state index < -0.39 is 11.9 Å². The molecule has 1 heterocycles. The van der Waals surface area contributed by atoms with Gasteiger partial charge < -0.3 is 15.2 Å². The number of benzene rings is 1. The molecule has 1 aromatic carbocycles. The second-order valence-corrected chi connectivity index (χ2v) is 3.45. The normalized spacial score (nSPS) is 10.1. The summed E-state index contributed by atoms with van der Waals surface area (Å²) in [6, 6.07) is 10.1. The number of carbonyl (C=O) groups is 2. The van der Waals surface area contributed by atoms with Crippen molar-refractivity contribution in [2.75, 3.05) is 0 Å². The van der Waals surface area contributed by atoms with Gasteiger partial charge in [-0.05, 0) is 11.6 Å². The molecule has 0 radical (unpaired) electrons. The lowest BCUT2D eigenvalue weighted by Gasteiger charge is -1.98. The van der Waals surface area contributed by atoms with Crippen LogP contribution >= 0.6 is 0 Å². The number of rotatable bonds is 3. The van der Waals surface area contributed by atoms with Crippen molar-refractivity contribution in [3.05, 3.63) is 47.8 Å². The second kappa shape index (κ2) is 4.13. The minimum atomic E-state index is -1.19. The molecular formula is C12H9NO4. The minimum Gasteiger partial charge on any atom is -0.477 e. The van der Waals surface area contributed by atoms with Crippen LogP contribution in [0.15, 0.2) is 36.4 Å². The van der Waals surface area contributed by atoms with Gasteiger partial charge in [0.05, 0.1) is 0 Å². The summed E-state index contributed by atoms with van der Waals surface area (Å²) in [5, 5.41) is 17.8. The zero-order valence-electron chi connectivity index (χ0n) is 8.68. The van der Waals surface area contributed by atoms with Crippen LogP contribution in [-0.2, 0) is 0 Å². The highest BCUT2D eigenvalue weighted by molar-refractivity contribution is 5.98. The Morgan fingerprint density at radius 2 is 1.65 bits per heavy atom. The van der Waals surface area contributed by atoms with Gasteiger partial charge in [0.25, 0.3) is 0 Å². The van der Waals surface area contributed by atoms with Crippen molar-refractivity contribution in [2.24, 2.45) is 0 Å². The van der Waals surface area contributed by atoms with Crippen molar-refractivity contribution >= 4 is 11.9 Å². The number of aromatic carboxylic acids is 2. The Bertz CT molecular complexity index is 571. The summed E-state index contributed by atoms with van der Waals surface area (Å²) in [6.07, 6.45) is 0. The third kappa shape index (κ3) is 2.03. The van der Waals surface area contributed by atoms with Gasteiger partial charge in [0, 0.05) is 5.56 Å². The maximum absolute atomic E-state index is 11.0. The SMILES string of the molecule is O=C(O)c1cc(-c2ccccc2)c(C(=O)O)[nH]1. The monoisotopic (exact) mass is 231 g/mol. The number of aromatic nitrogens is 1. The molecule has 0 unspecified atom stereocenters. The summed E-state index contributed by atoms with van der Waals surface area (Å²) in [5.74, 6) is -2.37. The number of carboxylic acids is 2. The molecule has 0 saturated heterocycles. The van der Waals surface area contributed by atoms with Crippen LogP contribution in [0.1, 0.15) is 21.0 Å². The number of nitrogens with one attached hydrogen (secondary N) is 1. The summed E-state index contributed by atoms with van der Waals surface area (Å²) >= 11 is 0. The molecule has 0 saturated carbocycles. The molecule has 0 aliphatic rings. The van der Waals surface area contributed by atoms with Crippen LogP contribution < -0.4 is 0 Å². The maximum atomic E-state index is 11.0. The first-order valence-electron chi connectivity index (χ1n) is 4.84. The van der Waals surface area contributed by atoms with Crippen molar-refractivity contribution < 1.29 is 19.8 Å². The van der Waals surface area contributed by atoms with Crippen LogP contribution in [0.4, 0.5) is 0 Å². The Morgan fingerprint density at radius 3 is 2.18 bits per heavy atom. The molecule has 17 heavy (non-hydrogen) atoms. The van der Waals surface area contributed by atoms with E-state index >= 15 is 0 Å². The lowest BCUT2D eigenvalue weighted by Crippen LogP contribution is -2.01. The molecule has 5 heteroatoms. The highest BCUT2D eigenvalue weighted by Gasteiger charge is 2.18. The fraction of sp³-hybridized carbons (Fsp3) is 0. The third-order valence-corrected chi connectivity index (χ3v) is 2.35. The van der Waals surface area contributed by atoms with Gasteiger partial charge in [0.2, 0.25) is 0 Å². The van der Waals surface area contributed by atoms with Crippen LogP contribution in [0.25, 0.3) is 11.1 Å². The number of aromatic amines is 1. The van der Waals surface area contributed by atoms with Crippen LogP contribution in [0.5, 0.6) is 0 Å². The Balaban J connectivity index is 2.60. The molecule has 86 valence electrons. The van der Waals surface area contributed by atoms with Crippen molar-refractivity contribution in [3.63, 3.8) is 0 Å². The topological polar surface area (TPSA) is 90.4 Å². The van der Waals surface area contributed by atoms with Gasteiger partial charge in [0.15, 0.2) is 0 Å².